The number of carbonyl (C=O) groups excluding carboxylic acids is 2. The van der Waals surface area contributed by atoms with Crippen LogP contribution in [0.25, 0.3) is 0 Å². The average Bonchev–Trinajstić information content (AvgIpc) is 2.53. The van der Waals surface area contributed by atoms with Gasteiger partial charge in [0.1, 0.15) is 0 Å². The van der Waals surface area contributed by atoms with E-state index in [2.05, 4.69) is 39.0 Å². The monoisotopic (exact) mass is 334 g/mol. The summed E-state index contributed by atoms with van der Waals surface area (Å²) in [6.45, 7) is 8.39. The van der Waals surface area contributed by atoms with Gasteiger partial charge in [0.15, 0.2) is 0 Å². The first kappa shape index (κ1) is 17.9. The first-order valence-corrected chi connectivity index (χ1v) is 9.36. The van der Waals surface area contributed by atoms with Crippen molar-refractivity contribution in [2.24, 2.45) is 0 Å². The number of carbonyl (C=O) groups is 2. The van der Waals surface area contributed by atoms with Crippen LogP contribution in [0.3, 0.4) is 0 Å². The van der Waals surface area contributed by atoms with Gasteiger partial charge in [-0.15, -0.1) is 0 Å². The molecule has 1 saturated heterocycles. The Hall–Kier alpha value is -1.49. The third-order valence-corrected chi connectivity index (χ3v) is 5.18. The zero-order valence-corrected chi connectivity index (χ0v) is 15.1. The molecular weight excluding hydrogens is 308 g/mol. The van der Waals surface area contributed by atoms with Gasteiger partial charge < -0.3 is 9.80 Å². The molecule has 0 atom stereocenters. The molecule has 1 heterocycles. The molecule has 0 spiro atoms. The quantitative estimate of drug-likeness (QED) is 0.751. The summed E-state index contributed by atoms with van der Waals surface area (Å²) >= 11 is 1.76. The third-order valence-electron chi connectivity index (χ3n) is 4.28. The van der Waals surface area contributed by atoms with Gasteiger partial charge in [0.2, 0.25) is 11.8 Å². The molecule has 4 nitrogen and oxygen atoms in total. The fourth-order valence-electron chi connectivity index (χ4n) is 2.67. The van der Waals surface area contributed by atoms with Crippen molar-refractivity contribution in [1.29, 1.82) is 0 Å². The van der Waals surface area contributed by atoms with Crippen LogP contribution in [0.1, 0.15) is 30.0 Å². The van der Waals surface area contributed by atoms with E-state index in [0.717, 1.165) is 17.1 Å². The van der Waals surface area contributed by atoms with Crippen molar-refractivity contribution in [2.75, 3.05) is 31.1 Å². The lowest BCUT2D eigenvalue weighted by Crippen LogP contribution is -2.51. The minimum absolute atomic E-state index is 0.0472. The Labute approximate surface area is 143 Å². The summed E-state index contributed by atoms with van der Waals surface area (Å²) in [6, 6.07) is 6.32. The van der Waals surface area contributed by atoms with Crippen molar-refractivity contribution in [1.82, 2.24) is 9.80 Å². The molecule has 0 saturated carbocycles. The lowest BCUT2D eigenvalue weighted by molar-refractivity contribution is -0.145. The highest BCUT2D eigenvalue weighted by Crippen LogP contribution is 2.15. The maximum atomic E-state index is 12.3. The molecular formula is C18H26N2O2S. The maximum absolute atomic E-state index is 12.3. The van der Waals surface area contributed by atoms with Crippen molar-refractivity contribution in [2.45, 2.75) is 33.7 Å². The Kier molecular flexibility index (Phi) is 6.51. The van der Waals surface area contributed by atoms with Gasteiger partial charge in [-0.25, -0.2) is 0 Å². The van der Waals surface area contributed by atoms with E-state index in [1.165, 1.54) is 11.1 Å². The summed E-state index contributed by atoms with van der Waals surface area (Å²) in [6.07, 6.45) is 0.531. The predicted octanol–water partition coefficient (Wildman–Crippen LogP) is 2.62. The second kappa shape index (κ2) is 8.39. The molecule has 0 bridgehead atoms. The van der Waals surface area contributed by atoms with Crippen LogP contribution in [0.5, 0.6) is 0 Å². The third kappa shape index (κ3) is 4.99. The van der Waals surface area contributed by atoms with Crippen LogP contribution in [0.15, 0.2) is 18.2 Å². The molecule has 1 aromatic rings. The van der Waals surface area contributed by atoms with Crippen LogP contribution in [-0.2, 0) is 16.1 Å². The normalized spacial score (nSPS) is 15.2. The van der Waals surface area contributed by atoms with Gasteiger partial charge in [-0.1, -0.05) is 25.1 Å². The molecule has 2 amide bonds. The van der Waals surface area contributed by atoms with Crippen LogP contribution in [-0.4, -0.2) is 52.8 Å². The van der Waals surface area contributed by atoms with Gasteiger partial charge >= 0.3 is 0 Å². The molecule has 2 rings (SSSR count). The molecule has 23 heavy (non-hydrogen) atoms. The SMILES string of the molecule is CCSCCC(=O)N1CCN(Cc2ccc(C)c(C)c2)C(=O)C1. The number of benzene rings is 1. The van der Waals surface area contributed by atoms with Crippen LogP contribution in [0.2, 0.25) is 0 Å². The molecule has 0 aromatic heterocycles. The van der Waals surface area contributed by atoms with Gasteiger partial charge in [-0.3, -0.25) is 9.59 Å². The second-order valence-electron chi connectivity index (χ2n) is 6.00. The minimum atomic E-state index is 0.0472. The highest BCUT2D eigenvalue weighted by atomic mass is 32.2. The summed E-state index contributed by atoms with van der Waals surface area (Å²) in [5, 5.41) is 0. The van der Waals surface area contributed by atoms with Crippen LogP contribution < -0.4 is 0 Å². The highest BCUT2D eigenvalue weighted by Gasteiger charge is 2.26. The van der Waals surface area contributed by atoms with Crippen molar-refractivity contribution in [3.05, 3.63) is 34.9 Å². The number of hydrogen-bond acceptors (Lipinski definition) is 3. The Balaban J connectivity index is 1.87. The van der Waals surface area contributed by atoms with Crippen LogP contribution >= 0.6 is 11.8 Å². The van der Waals surface area contributed by atoms with E-state index in [4.69, 9.17) is 0 Å². The van der Waals surface area contributed by atoms with Crippen LogP contribution in [0.4, 0.5) is 0 Å². The predicted molar refractivity (Wildman–Crippen MR) is 95.5 cm³/mol. The summed E-state index contributed by atoms with van der Waals surface area (Å²) in [5.41, 5.74) is 3.67. The van der Waals surface area contributed by atoms with Gasteiger partial charge in [0.25, 0.3) is 0 Å². The lowest BCUT2D eigenvalue weighted by Gasteiger charge is -2.34. The van der Waals surface area contributed by atoms with Gasteiger partial charge in [-0.05, 0) is 36.3 Å². The minimum Gasteiger partial charge on any atom is -0.335 e. The molecule has 1 aliphatic rings. The molecule has 1 aromatic carbocycles. The summed E-state index contributed by atoms with van der Waals surface area (Å²) in [7, 11) is 0. The summed E-state index contributed by atoms with van der Waals surface area (Å²) in [5.74, 6) is 2.01. The van der Waals surface area contributed by atoms with Crippen LogP contribution in [0, 0.1) is 13.8 Å². The maximum Gasteiger partial charge on any atom is 0.242 e. The van der Waals surface area contributed by atoms with E-state index in [1.54, 1.807) is 16.7 Å². The van der Waals surface area contributed by atoms with Gasteiger partial charge in [0, 0.05) is 31.8 Å². The number of amides is 2. The van der Waals surface area contributed by atoms with Crippen molar-refractivity contribution < 1.29 is 9.59 Å². The van der Waals surface area contributed by atoms with E-state index < -0.39 is 0 Å². The molecule has 0 aliphatic carbocycles. The van der Waals surface area contributed by atoms with Crippen molar-refractivity contribution in [3.8, 4) is 0 Å². The molecule has 1 fully saturated rings. The Bertz CT molecular complexity index is 574. The van der Waals surface area contributed by atoms with Crippen molar-refractivity contribution in [3.63, 3.8) is 0 Å². The number of aryl methyl sites for hydroxylation is 2. The smallest absolute Gasteiger partial charge is 0.242 e. The van der Waals surface area contributed by atoms with E-state index in [9.17, 15) is 9.59 Å². The fourth-order valence-corrected chi connectivity index (χ4v) is 3.28. The number of piperazine rings is 1. The first-order chi connectivity index (χ1) is 11.0. The zero-order valence-electron chi connectivity index (χ0n) is 14.3. The fraction of sp³-hybridized carbons (Fsp3) is 0.556. The molecule has 0 N–H and O–H groups in total. The number of nitrogens with zero attached hydrogens (tertiary/aromatic N) is 2. The van der Waals surface area contributed by atoms with E-state index in [0.29, 0.717) is 26.1 Å². The van der Waals surface area contributed by atoms with Crippen molar-refractivity contribution >= 4 is 23.6 Å². The van der Waals surface area contributed by atoms with Gasteiger partial charge in [0.05, 0.1) is 6.54 Å². The standard InChI is InChI=1S/C18H26N2O2S/c1-4-23-10-7-17(21)20-9-8-19(18(22)13-20)12-16-6-5-14(2)15(3)11-16/h5-6,11H,4,7-10,12-13H2,1-3H3. The van der Waals surface area contributed by atoms with Gasteiger partial charge in [-0.2, -0.15) is 11.8 Å². The van der Waals surface area contributed by atoms with E-state index in [-0.39, 0.29) is 18.4 Å². The first-order valence-electron chi connectivity index (χ1n) is 8.20. The van der Waals surface area contributed by atoms with E-state index in [1.807, 2.05) is 4.90 Å². The Morgan fingerprint density at radius 1 is 1.22 bits per heavy atom. The van der Waals surface area contributed by atoms with E-state index >= 15 is 0 Å². The number of thioether (sulfide) groups is 1. The summed E-state index contributed by atoms with van der Waals surface area (Å²) in [4.78, 5) is 28.0. The Morgan fingerprint density at radius 2 is 2.00 bits per heavy atom. The topological polar surface area (TPSA) is 40.6 Å². The Morgan fingerprint density at radius 3 is 2.65 bits per heavy atom. The molecule has 5 heteroatoms. The number of rotatable bonds is 6. The zero-order chi connectivity index (χ0) is 16.8. The second-order valence-corrected chi connectivity index (χ2v) is 7.39. The summed E-state index contributed by atoms with van der Waals surface area (Å²) < 4.78 is 0. The highest BCUT2D eigenvalue weighted by molar-refractivity contribution is 7.99. The largest absolute Gasteiger partial charge is 0.335 e. The molecule has 0 unspecified atom stereocenters. The molecule has 0 radical (unpaired) electrons. The molecule has 126 valence electrons. The number of hydrogen-bond donors (Lipinski definition) is 0. The lowest BCUT2D eigenvalue weighted by atomic mass is 10.1. The molecule has 1 aliphatic heterocycles. The average molecular weight is 334 g/mol.